The van der Waals surface area contributed by atoms with Crippen LogP contribution in [0.5, 0.6) is 5.75 Å². The number of rotatable bonds is 2. The van der Waals surface area contributed by atoms with Crippen molar-refractivity contribution in [2.45, 2.75) is 25.9 Å². The maximum atomic E-state index is 13.8. The van der Waals surface area contributed by atoms with Gasteiger partial charge in [0.1, 0.15) is 17.2 Å². The molecule has 2 aromatic carbocycles. The van der Waals surface area contributed by atoms with Gasteiger partial charge in [-0.15, -0.1) is 0 Å². The van der Waals surface area contributed by atoms with Crippen LogP contribution in [0.25, 0.3) is 0 Å². The van der Waals surface area contributed by atoms with Gasteiger partial charge in [-0.1, -0.05) is 30.3 Å². The molecule has 1 aliphatic rings. The summed E-state index contributed by atoms with van der Waals surface area (Å²) in [5, 5.41) is 10.9. The van der Waals surface area contributed by atoms with Gasteiger partial charge in [0, 0.05) is 12.0 Å². The van der Waals surface area contributed by atoms with Crippen LogP contribution in [-0.4, -0.2) is 11.7 Å². The van der Waals surface area contributed by atoms with E-state index in [4.69, 9.17) is 4.74 Å². The SMILES string of the molecule is Cc1ccc(C(C)(O)c2cccc3c2OCC3)cc1F. The molecule has 0 aliphatic carbocycles. The van der Waals surface area contributed by atoms with Gasteiger partial charge in [-0.3, -0.25) is 0 Å². The van der Waals surface area contributed by atoms with E-state index in [0.29, 0.717) is 23.3 Å². The zero-order valence-electron chi connectivity index (χ0n) is 11.6. The highest BCUT2D eigenvalue weighted by atomic mass is 19.1. The first-order chi connectivity index (χ1) is 9.50. The Labute approximate surface area is 117 Å². The molecule has 2 aromatic rings. The van der Waals surface area contributed by atoms with E-state index >= 15 is 0 Å². The molecule has 0 bridgehead atoms. The number of ether oxygens (including phenoxy) is 1. The third-order valence-corrected chi connectivity index (χ3v) is 3.97. The summed E-state index contributed by atoms with van der Waals surface area (Å²) in [5.74, 6) is 0.426. The largest absolute Gasteiger partial charge is 0.493 e. The second kappa shape index (κ2) is 4.60. The number of fused-ring (bicyclic) bond motifs is 1. The van der Waals surface area contributed by atoms with E-state index in [2.05, 4.69) is 0 Å². The molecule has 0 radical (unpaired) electrons. The number of benzene rings is 2. The van der Waals surface area contributed by atoms with E-state index in [1.165, 1.54) is 6.07 Å². The minimum absolute atomic E-state index is 0.309. The third-order valence-electron chi connectivity index (χ3n) is 3.97. The summed E-state index contributed by atoms with van der Waals surface area (Å²) < 4.78 is 19.4. The predicted octanol–water partition coefficient (Wildman–Crippen LogP) is 3.32. The Hall–Kier alpha value is -1.87. The van der Waals surface area contributed by atoms with Crippen molar-refractivity contribution in [2.24, 2.45) is 0 Å². The molecule has 20 heavy (non-hydrogen) atoms. The molecule has 1 unspecified atom stereocenters. The number of hydrogen-bond donors (Lipinski definition) is 1. The summed E-state index contributed by atoms with van der Waals surface area (Å²) in [7, 11) is 0. The van der Waals surface area contributed by atoms with Gasteiger partial charge in [-0.05, 0) is 36.6 Å². The van der Waals surface area contributed by atoms with Gasteiger partial charge >= 0.3 is 0 Å². The van der Waals surface area contributed by atoms with Crippen molar-refractivity contribution in [3.05, 3.63) is 64.5 Å². The summed E-state index contributed by atoms with van der Waals surface area (Å²) in [6.45, 7) is 4.01. The average molecular weight is 272 g/mol. The average Bonchev–Trinajstić information content (AvgIpc) is 2.89. The summed E-state index contributed by atoms with van der Waals surface area (Å²) in [4.78, 5) is 0. The molecule has 0 fully saturated rings. The van der Waals surface area contributed by atoms with E-state index in [-0.39, 0.29) is 5.82 Å². The molecule has 1 heterocycles. The van der Waals surface area contributed by atoms with Gasteiger partial charge in [0.15, 0.2) is 0 Å². The van der Waals surface area contributed by atoms with Crippen LogP contribution >= 0.6 is 0 Å². The van der Waals surface area contributed by atoms with Gasteiger partial charge in [-0.25, -0.2) is 4.39 Å². The fourth-order valence-electron chi connectivity index (χ4n) is 2.65. The second-order valence-corrected chi connectivity index (χ2v) is 5.43. The van der Waals surface area contributed by atoms with Gasteiger partial charge in [0.25, 0.3) is 0 Å². The van der Waals surface area contributed by atoms with Crippen molar-refractivity contribution in [3.8, 4) is 5.75 Å². The van der Waals surface area contributed by atoms with E-state index in [9.17, 15) is 9.50 Å². The fourth-order valence-corrected chi connectivity index (χ4v) is 2.65. The van der Waals surface area contributed by atoms with Crippen molar-refractivity contribution in [2.75, 3.05) is 6.61 Å². The van der Waals surface area contributed by atoms with Gasteiger partial charge in [-0.2, -0.15) is 0 Å². The molecule has 1 aliphatic heterocycles. The Bertz CT molecular complexity index is 662. The van der Waals surface area contributed by atoms with Crippen LogP contribution in [0.15, 0.2) is 36.4 Å². The van der Waals surface area contributed by atoms with Gasteiger partial charge in [0.05, 0.1) is 6.61 Å². The normalized spacial score (nSPS) is 16.4. The number of aliphatic hydroxyl groups is 1. The van der Waals surface area contributed by atoms with Crippen LogP contribution in [0, 0.1) is 12.7 Å². The van der Waals surface area contributed by atoms with Crippen molar-refractivity contribution in [1.29, 1.82) is 0 Å². The predicted molar refractivity (Wildman–Crippen MR) is 75.5 cm³/mol. The van der Waals surface area contributed by atoms with E-state index in [1.54, 1.807) is 26.0 Å². The molecule has 0 spiro atoms. The smallest absolute Gasteiger partial charge is 0.129 e. The van der Waals surface area contributed by atoms with E-state index in [0.717, 1.165) is 17.7 Å². The minimum Gasteiger partial charge on any atom is -0.493 e. The lowest BCUT2D eigenvalue weighted by Gasteiger charge is -2.26. The molecule has 0 saturated carbocycles. The molecule has 1 atom stereocenters. The molecule has 1 N–H and O–H groups in total. The number of hydrogen-bond acceptors (Lipinski definition) is 2. The highest BCUT2D eigenvalue weighted by Gasteiger charge is 2.32. The van der Waals surface area contributed by atoms with E-state index < -0.39 is 5.60 Å². The Morgan fingerprint density at radius 1 is 1.25 bits per heavy atom. The monoisotopic (exact) mass is 272 g/mol. The minimum atomic E-state index is -1.27. The van der Waals surface area contributed by atoms with Crippen LogP contribution in [0.1, 0.15) is 29.2 Å². The van der Waals surface area contributed by atoms with Crippen molar-refractivity contribution in [1.82, 2.24) is 0 Å². The Balaban J connectivity index is 2.12. The Morgan fingerprint density at radius 3 is 2.80 bits per heavy atom. The van der Waals surface area contributed by atoms with Crippen LogP contribution in [0.4, 0.5) is 4.39 Å². The van der Waals surface area contributed by atoms with Crippen LogP contribution in [0.2, 0.25) is 0 Å². The Kier molecular flexibility index (Phi) is 3.02. The first-order valence-electron chi connectivity index (χ1n) is 6.74. The summed E-state index contributed by atoms with van der Waals surface area (Å²) in [6, 6.07) is 10.6. The molecular weight excluding hydrogens is 255 g/mol. The summed E-state index contributed by atoms with van der Waals surface area (Å²) in [6.07, 6.45) is 0.849. The highest BCUT2D eigenvalue weighted by Crippen LogP contribution is 2.40. The maximum Gasteiger partial charge on any atom is 0.129 e. The summed E-state index contributed by atoms with van der Waals surface area (Å²) in [5.41, 5.74) is 1.61. The fraction of sp³-hybridized carbons (Fsp3) is 0.294. The summed E-state index contributed by atoms with van der Waals surface area (Å²) >= 11 is 0. The molecule has 3 rings (SSSR count). The standard InChI is InChI=1S/C17H17FO2/c1-11-6-7-13(10-15(11)18)17(2,19)14-5-3-4-12-8-9-20-16(12)14/h3-7,10,19H,8-9H2,1-2H3. The quantitative estimate of drug-likeness (QED) is 0.908. The van der Waals surface area contributed by atoms with Crippen molar-refractivity contribution < 1.29 is 14.2 Å². The zero-order chi connectivity index (χ0) is 14.3. The van der Waals surface area contributed by atoms with Crippen LogP contribution in [0.3, 0.4) is 0 Å². The zero-order valence-corrected chi connectivity index (χ0v) is 11.6. The van der Waals surface area contributed by atoms with Crippen molar-refractivity contribution in [3.63, 3.8) is 0 Å². The lowest BCUT2D eigenvalue weighted by molar-refractivity contribution is 0.0984. The van der Waals surface area contributed by atoms with Crippen LogP contribution in [-0.2, 0) is 12.0 Å². The molecule has 0 amide bonds. The first kappa shape index (κ1) is 13.1. The Morgan fingerprint density at radius 2 is 2.05 bits per heavy atom. The van der Waals surface area contributed by atoms with Crippen molar-refractivity contribution >= 4 is 0 Å². The molecular formula is C17H17FO2. The van der Waals surface area contributed by atoms with E-state index in [1.807, 2.05) is 18.2 Å². The van der Waals surface area contributed by atoms with Gasteiger partial charge < -0.3 is 9.84 Å². The number of aryl methyl sites for hydroxylation is 1. The molecule has 104 valence electrons. The van der Waals surface area contributed by atoms with Crippen LogP contribution < -0.4 is 4.74 Å². The topological polar surface area (TPSA) is 29.5 Å². The first-order valence-corrected chi connectivity index (χ1v) is 6.74. The molecule has 0 aromatic heterocycles. The van der Waals surface area contributed by atoms with Gasteiger partial charge in [0.2, 0.25) is 0 Å². The maximum absolute atomic E-state index is 13.8. The second-order valence-electron chi connectivity index (χ2n) is 5.43. The number of halogens is 1. The molecule has 3 heteroatoms. The molecule has 0 saturated heterocycles. The lowest BCUT2D eigenvalue weighted by Crippen LogP contribution is -2.23. The highest BCUT2D eigenvalue weighted by molar-refractivity contribution is 5.50. The number of para-hydroxylation sites is 1. The third kappa shape index (κ3) is 1.98. The lowest BCUT2D eigenvalue weighted by atomic mass is 9.86. The molecule has 2 nitrogen and oxygen atoms in total.